The van der Waals surface area contributed by atoms with Crippen LogP contribution in [0.5, 0.6) is 0 Å². The first-order chi connectivity index (χ1) is 9.71. The Kier molecular flexibility index (Phi) is 4.39. The number of sulfonamides is 1. The van der Waals surface area contributed by atoms with E-state index in [0.717, 1.165) is 12.8 Å². The number of nitrogens with zero attached hydrogens (tertiary/aromatic N) is 1. The fraction of sp³-hybridized carbons (Fsp3) is 0.533. The van der Waals surface area contributed by atoms with Crippen molar-refractivity contribution in [3.63, 3.8) is 0 Å². The minimum absolute atomic E-state index is 0.177. The maximum absolute atomic E-state index is 12.6. The highest BCUT2D eigenvalue weighted by Crippen LogP contribution is 2.32. The molecule has 0 atom stereocenters. The molecule has 0 aromatic heterocycles. The molecule has 0 spiro atoms. The highest BCUT2D eigenvalue weighted by atomic mass is 32.2. The summed E-state index contributed by atoms with van der Waals surface area (Å²) in [6.07, 6.45) is 1.74. The zero-order valence-electron chi connectivity index (χ0n) is 12.7. The summed E-state index contributed by atoms with van der Waals surface area (Å²) in [5, 5.41) is 2.63. The van der Waals surface area contributed by atoms with Crippen molar-refractivity contribution in [1.29, 1.82) is 0 Å². The smallest absolute Gasteiger partial charge is 0.243 e. The van der Waals surface area contributed by atoms with Crippen LogP contribution < -0.4 is 5.32 Å². The Hall–Kier alpha value is -1.40. The minimum Gasteiger partial charge on any atom is -0.326 e. The number of anilines is 1. The molecule has 0 unspecified atom stereocenters. The normalized spacial score (nSPS) is 19.2. The Balaban J connectivity index is 2.14. The minimum atomic E-state index is -3.44. The SMILES string of the molecule is CC(=O)Nc1ccc(S(=O)(=O)N2CCC(C)(C)CC2)cc1. The van der Waals surface area contributed by atoms with E-state index < -0.39 is 10.0 Å². The van der Waals surface area contributed by atoms with E-state index >= 15 is 0 Å². The maximum atomic E-state index is 12.6. The first-order valence-corrected chi connectivity index (χ1v) is 8.53. The number of carbonyl (C=O) groups excluding carboxylic acids is 1. The van der Waals surface area contributed by atoms with Gasteiger partial charge in [-0.05, 0) is 42.5 Å². The van der Waals surface area contributed by atoms with E-state index in [1.807, 2.05) is 0 Å². The second-order valence-electron chi connectivity index (χ2n) is 6.27. The van der Waals surface area contributed by atoms with Crippen LogP contribution in [-0.2, 0) is 14.8 Å². The van der Waals surface area contributed by atoms with Crippen LogP contribution in [0.2, 0.25) is 0 Å². The Morgan fingerprint density at radius 3 is 2.14 bits per heavy atom. The molecule has 1 aliphatic heterocycles. The number of amides is 1. The van der Waals surface area contributed by atoms with Crippen molar-refractivity contribution in [1.82, 2.24) is 4.31 Å². The van der Waals surface area contributed by atoms with Crippen molar-refractivity contribution in [2.45, 2.75) is 38.5 Å². The van der Waals surface area contributed by atoms with E-state index in [2.05, 4.69) is 19.2 Å². The number of carbonyl (C=O) groups is 1. The molecule has 5 nitrogen and oxygen atoms in total. The third-order valence-electron chi connectivity index (χ3n) is 3.89. The van der Waals surface area contributed by atoms with Gasteiger partial charge in [0.1, 0.15) is 0 Å². The molecule has 1 N–H and O–H groups in total. The first kappa shape index (κ1) is 16.0. The van der Waals surface area contributed by atoms with Gasteiger partial charge in [-0.25, -0.2) is 8.42 Å². The summed E-state index contributed by atoms with van der Waals surface area (Å²) < 4.78 is 26.7. The summed E-state index contributed by atoms with van der Waals surface area (Å²) in [6.45, 7) is 6.87. The van der Waals surface area contributed by atoms with Crippen LogP contribution >= 0.6 is 0 Å². The fourth-order valence-electron chi connectivity index (χ4n) is 2.39. The maximum Gasteiger partial charge on any atom is 0.243 e. The van der Waals surface area contributed by atoms with E-state index in [4.69, 9.17) is 0 Å². The van der Waals surface area contributed by atoms with Gasteiger partial charge in [-0.15, -0.1) is 0 Å². The number of hydrogen-bond donors (Lipinski definition) is 1. The monoisotopic (exact) mass is 310 g/mol. The summed E-state index contributed by atoms with van der Waals surface area (Å²) in [5.74, 6) is -0.177. The lowest BCUT2D eigenvalue weighted by molar-refractivity contribution is -0.114. The molecule has 1 amide bonds. The topological polar surface area (TPSA) is 66.5 Å². The van der Waals surface area contributed by atoms with E-state index in [0.29, 0.717) is 18.8 Å². The van der Waals surface area contributed by atoms with Gasteiger partial charge in [0.2, 0.25) is 15.9 Å². The zero-order chi connectivity index (χ0) is 15.7. The van der Waals surface area contributed by atoms with Crippen molar-refractivity contribution in [2.75, 3.05) is 18.4 Å². The lowest BCUT2D eigenvalue weighted by Crippen LogP contribution is -2.41. The fourth-order valence-corrected chi connectivity index (χ4v) is 3.84. The number of hydrogen-bond acceptors (Lipinski definition) is 3. The number of rotatable bonds is 3. The molecule has 1 aromatic rings. The van der Waals surface area contributed by atoms with Gasteiger partial charge in [0.05, 0.1) is 4.90 Å². The van der Waals surface area contributed by atoms with Crippen LogP contribution in [0.15, 0.2) is 29.2 Å². The van der Waals surface area contributed by atoms with Crippen molar-refractivity contribution in [2.24, 2.45) is 5.41 Å². The van der Waals surface area contributed by atoms with Crippen LogP contribution in [0.25, 0.3) is 0 Å². The predicted octanol–water partition coefficient (Wildman–Crippen LogP) is 2.46. The van der Waals surface area contributed by atoms with Gasteiger partial charge in [0.25, 0.3) is 0 Å². The van der Waals surface area contributed by atoms with Gasteiger partial charge in [0, 0.05) is 25.7 Å². The summed E-state index contributed by atoms with van der Waals surface area (Å²) in [6, 6.07) is 6.31. The van der Waals surface area contributed by atoms with Crippen molar-refractivity contribution in [3.05, 3.63) is 24.3 Å². The average Bonchev–Trinajstić information content (AvgIpc) is 2.38. The quantitative estimate of drug-likeness (QED) is 0.932. The molecule has 1 aliphatic rings. The van der Waals surface area contributed by atoms with Gasteiger partial charge >= 0.3 is 0 Å². The van der Waals surface area contributed by atoms with Gasteiger partial charge in [-0.2, -0.15) is 4.31 Å². The third kappa shape index (κ3) is 3.83. The Bertz CT molecular complexity index is 611. The van der Waals surface area contributed by atoms with Crippen LogP contribution in [0, 0.1) is 5.41 Å². The molecule has 0 saturated carbocycles. The van der Waals surface area contributed by atoms with Gasteiger partial charge in [-0.1, -0.05) is 13.8 Å². The van der Waals surface area contributed by atoms with E-state index in [-0.39, 0.29) is 16.2 Å². The van der Waals surface area contributed by atoms with Gasteiger partial charge < -0.3 is 5.32 Å². The zero-order valence-corrected chi connectivity index (χ0v) is 13.5. The number of piperidine rings is 1. The molecule has 6 heteroatoms. The van der Waals surface area contributed by atoms with Crippen LogP contribution in [0.1, 0.15) is 33.6 Å². The van der Waals surface area contributed by atoms with Crippen molar-refractivity contribution < 1.29 is 13.2 Å². The molecule has 0 aliphatic carbocycles. The molecule has 0 radical (unpaired) electrons. The van der Waals surface area contributed by atoms with Crippen LogP contribution in [-0.4, -0.2) is 31.7 Å². The molecule has 1 fully saturated rings. The standard InChI is InChI=1S/C15H22N2O3S/c1-12(18)16-13-4-6-14(7-5-13)21(19,20)17-10-8-15(2,3)9-11-17/h4-7H,8-11H2,1-3H3,(H,16,18). The van der Waals surface area contributed by atoms with Crippen molar-refractivity contribution in [3.8, 4) is 0 Å². The molecule has 116 valence electrons. The number of nitrogens with one attached hydrogen (secondary N) is 1. The first-order valence-electron chi connectivity index (χ1n) is 7.09. The van der Waals surface area contributed by atoms with Gasteiger partial charge in [-0.3, -0.25) is 4.79 Å². The molecule has 1 saturated heterocycles. The summed E-state index contributed by atoms with van der Waals surface area (Å²) in [5.41, 5.74) is 0.808. The Morgan fingerprint density at radius 1 is 1.14 bits per heavy atom. The van der Waals surface area contributed by atoms with Crippen LogP contribution in [0.4, 0.5) is 5.69 Å². The second kappa shape index (κ2) is 5.77. The Labute approximate surface area is 126 Å². The van der Waals surface area contributed by atoms with E-state index in [9.17, 15) is 13.2 Å². The van der Waals surface area contributed by atoms with Crippen molar-refractivity contribution >= 4 is 21.6 Å². The van der Waals surface area contributed by atoms with Crippen LogP contribution in [0.3, 0.4) is 0 Å². The molecule has 1 heterocycles. The molecule has 2 rings (SSSR count). The molecule has 0 bridgehead atoms. The van der Waals surface area contributed by atoms with Gasteiger partial charge in [0.15, 0.2) is 0 Å². The predicted molar refractivity (Wildman–Crippen MR) is 82.5 cm³/mol. The summed E-state index contributed by atoms with van der Waals surface area (Å²) in [4.78, 5) is 11.2. The highest BCUT2D eigenvalue weighted by molar-refractivity contribution is 7.89. The average molecular weight is 310 g/mol. The lowest BCUT2D eigenvalue weighted by atomic mass is 9.83. The largest absolute Gasteiger partial charge is 0.326 e. The Morgan fingerprint density at radius 2 is 1.67 bits per heavy atom. The van der Waals surface area contributed by atoms with E-state index in [1.165, 1.54) is 6.92 Å². The summed E-state index contributed by atoms with van der Waals surface area (Å²) in [7, 11) is -3.44. The molecular weight excluding hydrogens is 288 g/mol. The third-order valence-corrected chi connectivity index (χ3v) is 5.80. The highest BCUT2D eigenvalue weighted by Gasteiger charge is 2.32. The molecule has 21 heavy (non-hydrogen) atoms. The number of benzene rings is 1. The second-order valence-corrected chi connectivity index (χ2v) is 8.21. The summed E-state index contributed by atoms with van der Waals surface area (Å²) >= 11 is 0. The molecular formula is C15H22N2O3S. The lowest BCUT2D eigenvalue weighted by Gasteiger charge is -2.36. The molecule has 1 aromatic carbocycles. The van der Waals surface area contributed by atoms with E-state index in [1.54, 1.807) is 28.6 Å².